The van der Waals surface area contributed by atoms with Crippen molar-refractivity contribution < 1.29 is 9.59 Å². The molecule has 0 aromatic heterocycles. The van der Waals surface area contributed by atoms with Gasteiger partial charge in [-0.15, -0.1) is 0 Å². The number of carbonyl (C=O) groups is 2. The second-order valence-electron chi connectivity index (χ2n) is 7.10. The van der Waals surface area contributed by atoms with Crippen LogP contribution in [0.15, 0.2) is 18.2 Å². The molecule has 1 N–H and O–H groups in total. The van der Waals surface area contributed by atoms with E-state index in [9.17, 15) is 9.59 Å². The number of hydrogen-bond acceptors (Lipinski definition) is 2. The molecule has 25 heavy (non-hydrogen) atoms. The van der Waals surface area contributed by atoms with Crippen molar-refractivity contribution in [1.29, 1.82) is 0 Å². The number of nitrogens with one attached hydrogen (secondary N) is 1. The summed E-state index contributed by atoms with van der Waals surface area (Å²) in [5.41, 5.74) is 1.74. The SMILES string of the molecule is CCCCCC[C@@H](C)NC(=O)[C@@H]1CC(=O)N(c2ccc(C)c(Cl)c2)C1. The van der Waals surface area contributed by atoms with Crippen LogP contribution in [0.3, 0.4) is 0 Å². The van der Waals surface area contributed by atoms with Gasteiger partial charge < -0.3 is 10.2 Å². The highest BCUT2D eigenvalue weighted by Crippen LogP contribution is 2.29. The van der Waals surface area contributed by atoms with Gasteiger partial charge in [0, 0.05) is 29.7 Å². The number of nitrogens with zero attached hydrogens (tertiary/aromatic N) is 1. The first-order chi connectivity index (χ1) is 11.9. The van der Waals surface area contributed by atoms with E-state index in [4.69, 9.17) is 11.6 Å². The quantitative estimate of drug-likeness (QED) is 0.691. The van der Waals surface area contributed by atoms with Crippen LogP contribution in [-0.2, 0) is 9.59 Å². The molecule has 0 bridgehead atoms. The van der Waals surface area contributed by atoms with Gasteiger partial charge in [0.05, 0.1) is 5.92 Å². The van der Waals surface area contributed by atoms with E-state index in [0.717, 1.165) is 24.1 Å². The highest BCUT2D eigenvalue weighted by Gasteiger charge is 2.35. The Morgan fingerprint density at radius 1 is 1.36 bits per heavy atom. The number of carbonyl (C=O) groups excluding carboxylic acids is 2. The van der Waals surface area contributed by atoms with Gasteiger partial charge in [-0.25, -0.2) is 0 Å². The molecule has 0 saturated carbocycles. The van der Waals surface area contributed by atoms with Crippen LogP contribution < -0.4 is 10.2 Å². The Labute approximate surface area is 155 Å². The van der Waals surface area contributed by atoms with E-state index in [-0.39, 0.29) is 30.2 Å². The standard InChI is InChI=1S/C20H29ClN2O2/c1-4-5-6-7-8-15(3)22-20(25)16-11-19(24)23(13-16)17-10-9-14(2)18(21)12-17/h9-10,12,15-16H,4-8,11,13H2,1-3H3,(H,22,25)/t15-,16-/m1/s1. The van der Waals surface area contributed by atoms with E-state index in [1.54, 1.807) is 11.0 Å². The van der Waals surface area contributed by atoms with Gasteiger partial charge in [0.25, 0.3) is 0 Å². The molecule has 2 rings (SSSR count). The molecule has 0 spiro atoms. The summed E-state index contributed by atoms with van der Waals surface area (Å²) in [6, 6.07) is 5.74. The van der Waals surface area contributed by atoms with E-state index in [1.807, 2.05) is 26.0 Å². The van der Waals surface area contributed by atoms with Crippen LogP contribution in [0.25, 0.3) is 0 Å². The largest absolute Gasteiger partial charge is 0.353 e. The number of halogens is 1. The van der Waals surface area contributed by atoms with E-state index >= 15 is 0 Å². The zero-order valence-corrected chi connectivity index (χ0v) is 16.2. The molecule has 1 aromatic rings. The normalized spacial score (nSPS) is 18.5. The van der Waals surface area contributed by atoms with E-state index < -0.39 is 0 Å². The molecule has 1 fully saturated rings. The van der Waals surface area contributed by atoms with Crippen LogP contribution in [0, 0.1) is 12.8 Å². The molecule has 0 unspecified atom stereocenters. The maximum Gasteiger partial charge on any atom is 0.227 e. The number of rotatable bonds is 8. The summed E-state index contributed by atoms with van der Waals surface area (Å²) in [6.07, 6.45) is 6.05. The molecule has 1 aliphatic rings. The van der Waals surface area contributed by atoms with E-state index in [1.165, 1.54) is 19.3 Å². The summed E-state index contributed by atoms with van der Waals surface area (Å²) in [5, 5.41) is 3.71. The Bertz CT molecular complexity index is 618. The zero-order chi connectivity index (χ0) is 18.4. The fourth-order valence-electron chi connectivity index (χ4n) is 3.19. The molecular formula is C20H29ClN2O2. The molecule has 2 atom stereocenters. The zero-order valence-electron chi connectivity index (χ0n) is 15.5. The minimum Gasteiger partial charge on any atom is -0.353 e. The van der Waals surface area contributed by atoms with Crippen LogP contribution >= 0.6 is 11.6 Å². The molecule has 1 aromatic carbocycles. The summed E-state index contributed by atoms with van der Waals surface area (Å²) >= 11 is 6.16. The lowest BCUT2D eigenvalue weighted by molar-refractivity contribution is -0.126. The monoisotopic (exact) mass is 364 g/mol. The van der Waals surface area contributed by atoms with Crippen molar-refractivity contribution in [2.45, 2.75) is 65.3 Å². The number of unbranched alkanes of at least 4 members (excludes halogenated alkanes) is 3. The number of hydrogen-bond donors (Lipinski definition) is 1. The van der Waals surface area contributed by atoms with Gasteiger partial charge in [-0.3, -0.25) is 9.59 Å². The van der Waals surface area contributed by atoms with Gasteiger partial charge in [0.2, 0.25) is 11.8 Å². The highest BCUT2D eigenvalue weighted by atomic mass is 35.5. The Hall–Kier alpha value is -1.55. The predicted octanol–water partition coefficient (Wildman–Crippen LogP) is 4.48. The van der Waals surface area contributed by atoms with Crippen LogP contribution in [0.5, 0.6) is 0 Å². The maximum atomic E-state index is 12.5. The summed E-state index contributed by atoms with van der Waals surface area (Å²) in [7, 11) is 0. The molecule has 1 aliphatic heterocycles. The lowest BCUT2D eigenvalue weighted by Gasteiger charge is -2.19. The van der Waals surface area contributed by atoms with Crippen molar-refractivity contribution in [3.8, 4) is 0 Å². The van der Waals surface area contributed by atoms with Crippen LogP contribution in [0.1, 0.15) is 57.9 Å². The third-order valence-electron chi connectivity index (χ3n) is 4.84. The Balaban J connectivity index is 1.88. The fraction of sp³-hybridized carbons (Fsp3) is 0.600. The lowest BCUT2D eigenvalue weighted by Crippen LogP contribution is -2.38. The second kappa shape index (κ2) is 9.23. The van der Waals surface area contributed by atoms with Crippen molar-refractivity contribution in [3.63, 3.8) is 0 Å². The van der Waals surface area contributed by atoms with Gasteiger partial charge in [-0.2, -0.15) is 0 Å². The first kappa shape index (κ1) is 19.8. The van der Waals surface area contributed by atoms with Crippen molar-refractivity contribution >= 4 is 29.1 Å². The van der Waals surface area contributed by atoms with Gasteiger partial charge >= 0.3 is 0 Å². The number of benzene rings is 1. The maximum absolute atomic E-state index is 12.5. The summed E-state index contributed by atoms with van der Waals surface area (Å²) < 4.78 is 0. The third kappa shape index (κ3) is 5.46. The number of amides is 2. The average Bonchev–Trinajstić information content (AvgIpc) is 2.96. The van der Waals surface area contributed by atoms with Crippen LogP contribution in [-0.4, -0.2) is 24.4 Å². The van der Waals surface area contributed by atoms with Crippen LogP contribution in [0.4, 0.5) is 5.69 Å². The Kier molecular flexibility index (Phi) is 7.30. The van der Waals surface area contributed by atoms with Crippen LogP contribution in [0.2, 0.25) is 5.02 Å². The van der Waals surface area contributed by atoms with E-state index in [0.29, 0.717) is 11.6 Å². The molecule has 0 radical (unpaired) electrons. The number of aryl methyl sites for hydroxylation is 1. The van der Waals surface area contributed by atoms with Crippen molar-refractivity contribution in [2.75, 3.05) is 11.4 Å². The summed E-state index contributed by atoms with van der Waals surface area (Å²) in [4.78, 5) is 26.5. The Morgan fingerprint density at radius 2 is 2.12 bits per heavy atom. The molecule has 5 heteroatoms. The first-order valence-corrected chi connectivity index (χ1v) is 9.67. The lowest BCUT2D eigenvalue weighted by atomic mass is 10.1. The average molecular weight is 365 g/mol. The molecule has 2 amide bonds. The minimum atomic E-state index is -0.286. The summed E-state index contributed by atoms with van der Waals surface area (Å²) in [6.45, 7) is 6.58. The smallest absolute Gasteiger partial charge is 0.227 e. The van der Waals surface area contributed by atoms with Gasteiger partial charge in [0.1, 0.15) is 0 Å². The van der Waals surface area contributed by atoms with Crippen molar-refractivity contribution in [2.24, 2.45) is 5.92 Å². The highest BCUT2D eigenvalue weighted by molar-refractivity contribution is 6.31. The molecule has 0 aliphatic carbocycles. The molecule has 4 nitrogen and oxygen atoms in total. The number of anilines is 1. The minimum absolute atomic E-state index is 0.0166. The van der Waals surface area contributed by atoms with Gasteiger partial charge in [-0.1, -0.05) is 50.3 Å². The van der Waals surface area contributed by atoms with Crippen molar-refractivity contribution in [3.05, 3.63) is 28.8 Å². The predicted molar refractivity (Wildman–Crippen MR) is 103 cm³/mol. The topological polar surface area (TPSA) is 49.4 Å². The molecule has 1 saturated heterocycles. The first-order valence-electron chi connectivity index (χ1n) is 9.29. The molecular weight excluding hydrogens is 336 g/mol. The second-order valence-corrected chi connectivity index (χ2v) is 7.51. The van der Waals surface area contributed by atoms with Gasteiger partial charge in [0.15, 0.2) is 0 Å². The van der Waals surface area contributed by atoms with Crippen molar-refractivity contribution in [1.82, 2.24) is 5.32 Å². The summed E-state index contributed by atoms with van der Waals surface area (Å²) in [5.74, 6) is -0.321. The fourth-order valence-corrected chi connectivity index (χ4v) is 3.37. The third-order valence-corrected chi connectivity index (χ3v) is 5.25. The molecule has 138 valence electrons. The molecule has 1 heterocycles. The Morgan fingerprint density at radius 3 is 2.80 bits per heavy atom. The van der Waals surface area contributed by atoms with E-state index in [2.05, 4.69) is 12.2 Å². The van der Waals surface area contributed by atoms with Gasteiger partial charge in [-0.05, 0) is 38.0 Å².